The molecule has 2 aromatic rings. The summed E-state index contributed by atoms with van der Waals surface area (Å²) in [4.78, 5) is 11.8. The number of carbonyl (C=O) groups is 1. The van der Waals surface area contributed by atoms with Gasteiger partial charge in [0.2, 0.25) is 5.91 Å². The summed E-state index contributed by atoms with van der Waals surface area (Å²) >= 11 is 1.57. The van der Waals surface area contributed by atoms with Gasteiger partial charge in [-0.2, -0.15) is 0 Å². The number of rotatable bonds is 6. The van der Waals surface area contributed by atoms with Crippen LogP contribution in [-0.2, 0) is 10.5 Å². The van der Waals surface area contributed by atoms with E-state index in [0.717, 1.165) is 28.4 Å². The summed E-state index contributed by atoms with van der Waals surface area (Å²) in [5.74, 6) is 1.96. The first-order valence-electron chi connectivity index (χ1n) is 6.53. The molecule has 4 nitrogen and oxygen atoms in total. The number of amides is 1. The molecule has 0 heterocycles. The molecule has 5 heteroatoms. The molecular weight excluding hydrogens is 284 g/mol. The lowest BCUT2D eigenvalue weighted by atomic mass is 10.2. The molecule has 110 valence electrons. The van der Waals surface area contributed by atoms with Gasteiger partial charge in [-0.05, 0) is 42.0 Å². The number of thioether (sulfide) groups is 1. The second-order valence-corrected chi connectivity index (χ2v) is 5.50. The van der Waals surface area contributed by atoms with Crippen molar-refractivity contribution in [2.45, 2.75) is 5.75 Å². The monoisotopic (exact) mass is 302 g/mol. The van der Waals surface area contributed by atoms with Gasteiger partial charge in [0.15, 0.2) is 0 Å². The topological polar surface area (TPSA) is 64.3 Å². The van der Waals surface area contributed by atoms with Gasteiger partial charge in [-0.3, -0.25) is 4.79 Å². The summed E-state index contributed by atoms with van der Waals surface area (Å²) in [6.45, 7) is 0. The minimum absolute atomic E-state index is 0.0133. The van der Waals surface area contributed by atoms with Crippen molar-refractivity contribution in [3.8, 4) is 5.75 Å². The molecule has 1 amide bonds. The second kappa shape index (κ2) is 7.59. The first-order valence-corrected chi connectivity index (χ1v) is 7.69. The van der Waals surface area contributed by atoms with Crippen molar-refractivity contribution in [2.75, 3.05) is 23.9 Å². The third-order valence-electron chi connectivity index (χ3n) is 2.86. The Morgan fingerprint density at radius 1 is 1.14 bits per heavy atom. The van der Waals surface area contributed by atoms with Crippen LogP contribution in [0.15, 0.2) is 48.5 Å². The summed E-state index contributed by atoms with van der Waals surface area (Å²) in [6, 6.07) is 15.0. The maximum Gasteiger partial charge on any atom is 0.234 e. The summed E-state index contributed by atoms with van der Waals surface area (Å²) in [5, 5.41) is 2.85. The third-order valence-corrected chi connectivity index (χ3v) is 3.86. The van der Waals surface area contributed by atoms with Crippen LogP contribution in [0.1, 0.15) is 5.56 Å². The van der Waals surface area contributed by atoms with Crippen molar-refractivity contribution in [3.05, 3.63) is 54.1 Å². The molecule has 0 aromatic heterocycles. The fourth-order valence-corrected chi connectivity index (χ4v) is 2.53. The summed E-state index contributed by atoms with van der Waals surface area (Å²) in [6.07, 6.45) is 0. The van der Waals surface area contributed by atoms with Crippen LogP contribution in [0.2, 0.25) is 0 Å². The molecule has 2 aromatic carbocycles. The third kappa shape index (κ3) is 5.04. The number of nitrogens with two attached hydrogens (primary N) is 1. The summed E-state index contributed by atoms with van der Waals surface area (Å²) in [5.41, 5.74) is 8.31. The van der Waals surface area contributed by atoms with E-state index in [0.29, 0.717) is 5.75 Å². The van der Waals surface area contributed by atoms with E-state index in [1.54, 1.807) is 18.9 Å². The molecule has 0 radical (unpaired) electrons. The number of nitrogens with one attached hydrogen (secondary N) is 1. The molecular formula is C16H18N2O2S. The Morgan fingerprint density at radius 2 is 1.81 bits per heavy atom. The Balaban J connectivity index is 1.75. The van der Waals surface area contributed by atoms with Gasteiger partial charge >= 0.3 is 0 Å². The van der Waals surface area contributed by atoms with Crippen LogP contribution in [0.3, 0.4) is 0 Å². The lowest BCUT2D eigenvalue weighted by molar-refractivity contribution is -0.113. The van der Waals surface area contributed by atoms with Crippen molar-refractivity contribution in [1.82, 2.24) is 0 Å². The fraction of sp³-hybridized carbons (Fsp3) is 0.188. The maximum atomic E-state index is 11.8. The molecule has 0 spiro atoms. The highest BCUT2D eigenvalue weighted by molar-refractivity contribution is 7.99. The van der Waals surface area contributed by atoms with E-state index in [4.69, 9.17) is 10.5 Å². The van der Waals surface area contributed by atoms with Gasteiger partial charge in [0.05, 0.1) is 12.9 Å². The lowest BCUT2D eigenvalue weighted by Gasteiger charge is -2.06. The van der Waals surface area contributed by atoms with Gasteiger partial charge in [0, 0.05) is 17.1 Å². The van der Waals surface area contributed by atoms with Crippen molar-refractivity contribution < 1.29 is 9.53 Å². The van der Waals surface area contributed by atoms with Crippen molar-refractivity contribution in [2.24, 2.45) is 0 Å². The molecule has 0 aliphatic rings. The Labute approximate surface area is 128 Å². The number of carbonyl (C=O) groups excluding carboxylic acids is 1. The van der Waals surface area contributed by atoms with Crippen LogP contribution in [-0.4, -0.2) is 18.8 Å². The molecule has 21 heavy (non-hydrogen) atoms. The number of nitrogen functional groups attached to an aromatic ring is 1. The minimum atomic E-state index is -0.0133. The number of methoxy groups -OCH3 is 1. The standard InChI is InChI=1S/C16H18N2O2S/c1-20-15-8-6-14(7-9-15)18-16(19)11-21-10-12-2-4-13(17)5-3-12/h2-9H,10-11,17H2,1H3,(H,18,19). The average Bonchev–Trinajstić information content (AvgIpc) is 2.50. The first kappa shape index (κ1) is 15.3. The van der Waals surface area contributed by atoms with E-state index in [9.17, 15) is 4.79 Å². The molecule has 0 aliphatic carbocycles. The molecule has 0 fully saturated rings. The fourth-order valence-electron chi connectivity index (χ4n) is 1.75. The van der Waals surface area contributed by atoms with Gasteiger partial charge in [-0.25, -0.2) is 0 Å². The van der Waals surface area contributed by atoms with E-state index >= 15 is 0 Å². The minimum Gasteiger partial charge on any atom is -0.497 e. The van der Waals surface area contributed by atoms with E-state index in [1.165, 1.54) is 0 Å². The predicted molar refractivity (Wildman–Crippen MR) is 88.6 cm³/mol. The number of hydrogen-bond donors (Lipinski definition) is 2. The number of ether oxygens (including phenoxy) is 1. The smallest absolute Gasteiger partial charge is 0.234 e. The Bertz CT molecular complexity index is 582. The Kier molecular flexibility index (Phi) is 5.51. The van der Waals surface area contributed by atoms with Crippen LogP contribution in [0.25, 0.3) is 0 Å². The molecule has 0 atom stereocenters. The van der Waals surface area contributed by atoms with Gasteiger partial charge in [0.25, 0.3) is 0 Å². The van der Waals surface area contributed by atoms with Gasteiger partial charge in [-0.15, -0.1) is 11.8 Å². The largest absolute Gasteiger partial charge is 0.497 e. The SMILES string of the molecule is COc1ccc(NC(=O)CSCc2ccc(N)cc2)cc1. The van der Waals surface area contributed by atoms with Gasteiger partial charge in [0.1, 0.15) is 5.75 Å². The van der Waals surface area contributed by atoms with Crippen LogP contribution < -0.4 is 15.8 Å². The van der Waals surface area contributed by atoms with Crippen molar-refractivity contribution >= 4 is 29.0 Å². The highest BCUT2D eigenvalue weighted by Gasteiger charge is 2.03. The second-order valence-electron chi connectivity index (χ2n) is 4.51. The zero-order valence-corrected chi connectivity index (χ0v) is 12.7. The molecule has 0 unspecified atom stereocenters. The van der Waals surface area contributed by atoms with E-state index in [2.05, 4.69) is 5.32 Å². The summed E-state index contributed by atoms with van der Waals surface area (Å²) < 4.78 is 5.07. The predicted octanol–water partition coefficient (Wildman–Crippen LogP) is 3.15. The number of benzene rings is 2. The summed E-state index contributed by atoms with van der Waals surface area (Å²) in [7, 11) is 1.61. The highest BCUT2D eigenvalue weighted by atomic mass is 32.2. The molecule has 0 bridgehead atoms. The van der Waals surface area contributed by atoms with Crippen LogP contribution >= 0.6 is 11.8 Å². The number of hydrogen-bond acceptors (Lipinski definition) is 4. The zero-order chi connectivity index (χ0) is 15.1. The van der Waals surface area contributed by atoms with Gasteiger partial charge in [-0.1, -0.05) is 12.1 Å². The lowest BCUT2D eigenvalue weighted by Crippen LogP contribution is -2.14. The molecule has 2 rings (SSSR count). The van der Waals surface area contributed by atoms with Crippen LogP contribution in [0.5, 0.6) is 5.75 Å². The van der Waals surface area contributed by atoms with Crippen LogP contribution in [0.4, 0.5) is 11.4 Å². The first-order chi connectivity index (χ1) is 10.2. The Hall–Kier alpha value is -2.14. The Morgan fingerprint density at radius 3 is 2.43 bits per heavy atom. The number of anilines is 2. The van der Waals surface area contributed by atoms with Crippen molar-refractivity contribution in [1.29, 1.82) is 0 Å². The normalized spacial score (nSPS) is 10.1. The molecule has 0 saturated heterocycles. The van der Waals surface area contributed by atoms with E-state index in [1.807, 2.05) is 48.5 Å². The molecule has 0 saturated carbocycles. The van der Waals surface area contributed by atoms with E-state index < -0.39 is 0 Å². The van der Waals surface area contributed by atoms with Crippen LogP contribution in [0, 0.1) is 0 Å². The molecule has 0 aliphatic heterocycles. The maximum absolute atomic E-state index is 11.8. The van der Waals surface area contributed by atoms with Gasteiger partial charge < -0.3 is 15.8 Å². The van der Waals surface area contributed by atoms with Crippen molar-refractivity contribution in [3.63, 3.8) is 0 Å². The van der Waals surface area contributed by atoms with E-state index in [-0.39, 0.29) is 5.91 Å². The molecule has 3 N–H and O–H groups in total. The zero-order valence-electron chi connectivity index (χ0n) is 11.8. The average molecular weight is 302 g/mol. The highest BCUT2D eigenvalue weighted by Crippen LogP contribution is 2.17. The quantitative estimate of drug-likeness (QED) is 0.805.